The first-order valence-electron chi connectivity index (χ1n) is 2.48. The Hall–Kier alpha value is -1.32. The van der Waals surface area contributed by atoms with Gasteiger partial charge in [-0.05, 0) is 0 Å². The fourth-order valence-corrected chi connectivity index (χ4v) is 0.473. The molecule has 0 atom stereocenters. The Morgan fingerprint density at radius 1 is 1.78 bits per heavy atom. The van der Waals surface area contributed by atoms with Gasteiger partial charge in [0.05, 0.1) is 0 Å². The van der Waals surface area contributed by atoms with Crippen LogP contribution in [0.15, 0.2) is 17.1 Å². The van der Waals surface area contributed by atoms with Gasteiger partial charge in [0.25, 0.3) is 5.56 Å². The minimum atomic E-state index is -0.175. The zero-order chi connectivity index (χ0) is 6.69. The third kappa shape index (κ3) is 1.28. The van der Waals surface area contributed by atoms with E-state index in [0.717, 1.165) is 0 Å². The molecule has 0 aromatic carbocycles. The predicted molar refractivity (Wildman–Crippen MR) is 32.6 cm³/mol. The number of hydrogen-bond acceptors (Lipinski definition) is 2. The molecule has 4 heteroatoms. The van der Waals surface area contributed by atoms with E-state index in [1.165, 1.54) is 12.3 Å². The molecule has 0 amide bonds. The van der Waals surface area contributed by atoms with Gasteiger partial charge in [0, 0.05) is 19.3 Å². The van der Waals surface area contributed by atoms with Crippen molar-refractivity contribution in [2.75, 3.05) is 7.05 Å². The first-order valence-corrected chi connectivity index (χ1v) is 2.48. The standard InChI is InChI=1S/C5H6N3O/c1-6-5-7-3-2-4(9)8-5/h2-3H,1H3,(H,7,8,9). The van der Waals surface area contributed by atoms with Crippen LogP contribution in [0, 0.1) is 0 Å². The third-order valence-corrected chi connectivity index (χ3v) is 0.870. The van der Waals surface area contributed by atoms with E-state index >= 15 is 0 Å². The maximum absolute atomic E-state index is 10.5. The summed E-state index contributed by atoms with van der Waals surface area (Å²) < 4.78 is 0. The molecule has 0 aliphatic heterocycles. The summed E-state index contributed by atoms with van der Waals surface area (Å²) in [7, 11) is 1.57. The van der Waals surface area contributed by atoms with Crippen LogP contribution in [-0.4, -0.2) is 17.0 Å². The van der Waals surface area contributed by atoms with Crippen molar-refractivity contribution in [2.45, 2.75) is 0 Å². The van der Waals surface area contributed by atoms with Crippen molar-refractivity contribution >= 4 is 5.95 Å². The van der Waals surface area contributed by atoms with Crippen LogP contribution in [0.2, 0.25) is 0 Å². The number of nitrogens with one attached hydrogen (secondary N) is 1. The van der Waals surface area contributed by atoms with Crippen molar-refractivity contribution in [1.82, 2.24) is 15.3 Å². The normalized spacial score (nSPS) is 9.00. The molecule has 1 N–H and O–H groups in total. The van der Waals surface area contributed by atoms with Gasteiger partial charge in [-0.1, -0.05) is 0 Å². The third-order valence-electron chi connectivity index (χ3n) is 0.870. The van der Waals surface area contributed by atoms with Gasteiger partial charge >= 0.3 is 0 Å². The van der Waals surface area contributed by atoms with Crippen LogP contribution in [0.4, 0.5) is 5.95 Å². The molecular weight excluding hydrogens is 118 g/mol. The van der Waals surface area contributed by atoms with Gasteiger partial charge in [0.15, 0.2) is 0 Å². The van der Waals surface area contributed by atoms with E-state index in [1.807, 2.05) is 0 Å². The molecule has 0 aliphatic rings. The Morgan fingerprint density at radius 3 is 3.00 bits per heavy atom. The molecule has 0 bridgehead atoms. The monoisotopic (exact) mass is 124 g/mol. The number of hydrogen-bond donors (Lipinski definition) is 1. The number of H-pyrrole nitrogens is 1. The highest BCUT2D eigenvalue weighted by Crippen LogP contribution is 1.85. The highest BCUT2D eigenvalue weighted by atomic mass is 16.1. The second-order valence-corrected chi connectivity index (χ2v) is 1.48. The average molecular weight is 124 g/mol. The van der Waals surface area contributed by atoms with Gasteiger partial charge in [-0.25, -0.2) is 4.98 Å². The number of aromatic amines is 1. The zero-order valence-corrected chi connectivity index (χ0v) is 4.96. The summed E-state index contributed by atoms with van der Waals surface area (Å²) in [6, 6.07) is 1.34. The molecule has 1 rings (SSSR count). The molecule has 1 aromatic heterocycles. The smallest absolute Gasteiger partial charge is 0.252 e. The molecule has 0 unspecified atom stereocenters. The van der Waals surface area contributed by atoms with Crippen molar-refractivity contribution in [3.63, 3.8) is 0 Å². The second-order valence-electron chi connectivity index (χ2n) is 1.48. The van der Waals surface area contributed by atoms with Crippen LogP contribution in [-0.2, 0) is 0 Å². The Kier molecular flexibility index (Phi) is 1.48. The lowest BCUT2D eigenvalue weighted by Gasteiger charge is -1.90. The molecule has 0 fully saturated rings. The van der Waals surface area contributed by atoms with Crippen LogP contribution < -0.4 is 10.9 Å². The Morgan fingerprint density at radius 2 is 2.56 bits per heavy atom. The van der Waals surface area contributed by atoms with E-state index in [0.29, 0.717) is 5.95 Å². The minimum absolute atomic E-state index is 0.175. The fourth-order valence-electron chi connectivity index (χ4n) is 0.473. The maximum Gasteiger partial charge on any atom is 0.252 e. The van der Waals surface area contributed by atoms with Crippen LogP contribution in [0.3, 0.4) is 0 Å². The quantitative estimate of drug-likeness (QED) is 0.555. The Balaban J connectivity index is 3.08. The molecule has 1 aromatic rings. The summed E-state index contributed by atoms with van der Waals surface area (Å²) in [6.45, 7) is 0. The zero-order valence-electron chi connectivity index (χ0n) is 4.96. The molecule has 1 radical (unpaired) electrons. The summed E-state index contributed by atoms with van der Waals surface area (Å²) in [5.41, 5.74) is -0.175. The molecular formula is C5H6N3O. The van der Waals surface area contributed by atoms with Gasteiger partial charge in [-0.3, -0.25) is 15.1 Å². The van der Waals surface area contributed by atoms with Crippen molar-refractivity contribution < 1.29 is 0 Å². The summed E-state index contributed by atoms with van der Waals surface area (Å²) in [5, 5.41) is 3.66. The van der Waals surface area contributed by atoms with Crippen LogP contribution in [0.5, 0.6) is 0 Å². The van der Waals surface area contributed by atoms with E-state index in [4.69, 9.17) is 0 Å². The van der Waals surface area contributed by atoms with Gasteiger partial charge in [-0.15, -0.1) is 0 Å². The Bertz CT molecular complexity index is 242. The van der Waals surface area contributed by atoms with E-state index in [1.54, 1.807) is 7.05 Å². The van der Waals surface area contributed by atoms with E-state index in [9.17, 15) is 4.79 Å². The van der Waals surface area contributed by atoms with E-state index in [2.05, 4.69) is 15.3 Å². The van der Waals surface area contributed by atoms with Crippen LogP contribution in [0.1, 0.15) is 0 Å². The lowest BCUT2D eigenvalue weighted by atomic mass is 10.7. The molecule has 4 nitrogen and oxygen atoms in total. The molecule has 1 heterocycles. The van der Waals surface area contributed by atoms with Crippen molar-refractivity contribution in [3.05, 3.63) is 22.6 Å². The number of nitrogens with zero attached hydrogens (tertiary/aromatic N) is 2. The summed E-state index contributed by atoms with van der Waals surface area (Å²) in [4.78, 5) is 16.7. The average Bonchev–Trinajstić information content (AvgIpc) is 1.88. The minimum Gasteiger partial charge on any atom is -0.291 e. The Labute approximate surface area is 51.9 Å². The predicted octanol–water partition coefficient (Wildman–Crippen LogP) is -0.364. The summed E-state index contributed by atoms with van der Waals surface area (Å²) in [6.07, 6.45) is 1.42. The molecule has 0 spiro atoms. The fraction of sp³-hybridized carbons (Fsp3) is 0.200. The lowest BCUT2D eigenvalue weighted by molar-refractivity contribution is 0.940. The van der Waals surface area contributed by atoms with Crippen molar-refractivity contribution in [3.8, 4) is 0 Å². The van der Waals surface area contributed by atoms with Crippen LogP contribution in [0.25, 0.3) is 0 Å². The van der Waals surface area contributed by atoms with Gasteiger partial charge in [-0.2, -0.15) is 0 Å². The maximum atomic E-state index is 10.5. The molecule has 9 heavy (non-hydrogen) atoms. The van der Waals surface area contributed by atoms with Gasteiger partial charge in [0.1, 0.15) is 0 Å². The van der Waals surface area contributed by atoms with E-state index in [-0.39, 0.29) is 5.56 Å². The molecule has 0 saturated heterocycles. The summed E-state index contributed by atoms with van der Waals surface area (Å²) in [5.74, 6) is 0.363. The van der Waals surface area contributed by atoms with E-state index < -0.39 is 0 Å². The molecule has 0 aliphatic carbocycles. The summed E-state index contributed by atoms with van der Waals surface area (Å²) >= 11 is 0. The van der Waals surface area contributed by atoms with Crippen molar-refractivity contribution in [2.24, 2.45) is 0 Å². The first kappa shape index (κ1) is 5.81. The molecule has 47 valence electrons. The number of rotatable bonds is 1. The number of aromatic nitrogens is 2. The highest BCUT2D eigenvalue weighted by molar-refractivity contribution is 5.08. The first-order chi connectivity index (χ1) is 4.33. The SMILES string of the molecule is C[N]c1nccc(=O)[nH]1. The second kappa shape index (κ2) is 2.30. The van der Waals surface area contributed by atoms with Crippen molar-refractivity contribution in [1.29, 1.82) is 0 Å². The lowest BCUT2D eigenvalue weighted by Crippen LogP contribution is -2.07. The van der Waals surface area contributed by atoms with Gasteiger partial charge in [0.2, 0.25) is 5.95 Å². The molecule has 0 saturated carbocycles. The largest absolute Gasteiger partial charge is 0.291 e. The topological polar surface area (TPSA) is 59.9 Å². The van der Waals surface area contributed by atoms with Crippen LogP contribution >= 0.6 is 0 Å². The van der Waals surface area contributed by atoms with Gasteiger partial charge < -0.3 is 0 Å². The highest BCUT2D eigenvalue weighted by Gasteiger charge is 1.87.